The summed E-state index contributed by atoms with van der Waals surface area (Å²) in [5.41, 5.74) is 16.6. The van der Waals surface area contributed by atoms with Crippen molar-refractivity contribution in [1.29, 1.82) is 0 Å². The molecular weight excluding hydrogens is 439 g/mol. The summed E-state index contributed by atoms with van der Waals surface area (Å²) in [5, 5.41) is 16.6. The summed E-state index contributed by atoms with van der Waals surface area (Å²) in [6.45, 7) is 0.195. The highest BCUT2D eigenvalue weighted by Gasteiger charge is 2.31. The van der Waals surface area contributed by atoms with Gasteiger partial charge >= 0.3 is 12.3 Å². The van der Waals surface area contributed by atoms with E-state index in [4.69, 9.17) is 17.2 Å². The van der Waals surface area contributed by atoms with Crippen LogP contribution in [0.15, 0.2) is 39.6 Å². The number of guanidine groups is 1. The molecule has 0 fully saturated rings. The van der Waals surface area contributed by atoms with Crippen molar-refractivity contribution in [3.8, 4) is 0 Å². The van der Waals surface area contributed by atoms with Crippen molar-refractivity contribution in [2.45, 2.75) is 37.7 Å². The summed E-state index contributed by atoms with van der Waals surface area (Å²) in [6, 6.07) is 3.02. The van der Waals surface area contributed by atoms with Gasteiger partial charge in [-0.15, -0.1) is 13.2 Å². The first kappa shape index (κ1) is 26.3. The zero-order chi connectivity index (χ0) is 24.3. The number of aliphatic carboxylic acids is 1. The number of nitrogens with zero attached hydrogens (tertiary/aromatic N) is 3. The van der Waals surface area contributed by atoms with Crippen LogP contribution in [0.3, 0.4) is 0 Å². The Bertz CT molecular complexity index is 855. The summed E-state index contributed by atoms with van der Waals surface area (Å²) < 4.78 is 35.4. The van der Waals surface area contributed by atoms with Crippen LogP contribution in [0.1, 0.15) is 28.8 Å². The molecule has 0 aliphatic heterocycles. The second-order valence-corrected chi connectivity index (χ2v) is 6.38. The lowest BCUT2D eigenvalue weighted by atomic mass is 10.0. The Morgan fingerprint density at radius 3 is 2.31 bits per heavy atom. The second kappa shape index (κ2) is 12.2. The van der Waals surface area contributed by atoms with Gasteiger partial charge in [0.15, 0.2) is 5.96 Å². The number of carbonyl (C=O) groups is 3. The Morgan fingerprint density at radius 1 is 1.16 bits per heavy atom. The minimum absolute atomic E-state index is 0.000649. The maximum absolute atomic E-state index is 12.2. The van der Waals surface area contributed by atoms with Gasteiger partial charge in [0.1, 0.15) is 6.04 Å². The Labute approximate surface area is 179 Å². The first-order valence-electron chi connectivity index (χ1n) is 9.02. The Morgan fingerprint density at radius 2 is 1.78 bits per heavy atom. The van der Waals surface area contributed by atoms with E-state index in [2.05, 4.69) is 25.5 Å². The van der Waals surface area contributed by atoms with E-state index in [-0.39, 0.29) is 30.9 Å². The van der Waals surface area contributed by atoms with Crippen LogP contribution >= 0.6 is 0 Å². The van der Waals surface area contributed by atoms with Gasteiger partial charge in [0.05, 0.1) is 6.04 Å². The van der Waals surface area contributed by atoms with E-state index in [1.165, 1.54) is 24.3 Å². The quantitative estimate of drug-likeness (QED) is 0.101. The Kier molecular flexibility index (Phi) is 10.0. The molecule has 0 aliphatic carbocycles. The Balaban J connectivity index is 2.61. The van der Waals surface area contributed by atoms with Gasteiger partial charge in [-0.25, -0.2) is 4.79 Å². The lowest BCUT2D eigenvalue weighted by molar-refractivity contribution is -0.329. The molecular formula is C17H22F3N7O5. The number of halogens is 3. The van der Waals surface area contributed by atoms with Crippen LogP contribution in [0, 0.1) is 0 Å². The van der Waals surface area contributed by atoms with Gasteiger partial charge in [-0.05, 0) is 37.0 Å². The lowest BCUT2D eigenvalue weighted by Gasteiger charge is -2.17. The SMILES string of the molecule is NC(N)=NCCC[C@H](NC(=O)[C@@H](N)Cc1ccc(C(=O)N=NOC(F)(F)F)cc1)C(=O)O. The summed E-state index contributed by atoms with van der Waals surface area (Å²) >= 11 is 0. The molecule has 0 unspecified atom stereocenters. The highest BCUT2D eigenvalue weighted by atomic mass is 19.4. The van der Waals surface area contributed by atoms with Crippen molar-refractivity contribution in [2.24, 2.45) is 32.6 Å². The van der Waals surface area contributed by atoms with Crippen LogP contribution in [0.4, 0.5) is 13.2 Å². The maximum atomic E-state index is 12.2. The fraction of sp³-hybridized carbons (Fsp3) is 0.412. The normalized spacial score (nSPS) is 13.2. The molecule has 0 saturated carbocycles. The van der Waals surface area contributed by atoms with E-state index in [0.717, 1.165) is 0 Å². The molecule has 0 saturated heterocycles. The zero-order valence-electron chi connectivity index (χ0n) is 16.6. The van der Waals surface area contributed by atoms with Crippen LogP contribution in [0.25, 0.3) is 0 Å². The molecule has 176 valence electrons. The third-order valence-electron chi connectivity index (χ3n) is 3.83. The largest absolute Gasteiger partial charge is 0.594 e. The predicted molar refractivity (Wildman–Crippen MR) is 104 cm³/mol. The van der Waals surface area contributed by atoms with Crippen LogP contribution in [0.5, 0.6) is 0 Å². The average Bonchev–Trinajstić information content (AvgIpc) is 2.69. The number of nitrogens with two attached hydrogens (primary N) is 3. The molecule has 0 bridgehead atoms. The fourth-order valence-electron chi connectivity index (χ4n) is 2.33. The van der Waals surface area contributed by atoms with E-state index in [9.17, 15) is 32.7 Å². The van der Waals surface area contributed by atoms with Crippen molar-refractivity contribution < 1.29 is 37.5 Å². The number of hydrogen-bond acceptors (Lipinski definition) is 7. The molecule has 8 N–H and O–H groups in total. The van der Waals surface area contributed by atoms with Crippen molar-refractivity contribution in [3.63, 3.8) is 0 Å². The van der Waals surface area contributed by atoms with Crippen molar-refractivity contribution in [3.05, 3.63) is 35.4 Å². The zero-order valence-corrected chi connectivity index (χ0v) is 16.6. The molecule has 1 aromatic rings. The number of amides is 2. The second-order valence-electron chi connectivity index (χ2n) is 6.38. The maximum Gasteiger partial charge on any atom is 0.594 e. The van der Waals surface area contributed by atoms with Gasteiger partial charge in [-0.2, -0.15) is 0 Å². The molecule has 1 aromatic carbocycles. The predicted octanol–water partition coefficient (Wildman–Crippen LogP) is 0.223. The molecule has 15 heteroatoms. The first-order chi connectivity index (χ1) is 14.9. The monoisotopic (exact) mass is 461 g/mol. The third-order valence-corrected chi connectivity index (χ3v) is 3.83. The van der Waals surface area contributed by atoms with E-state index in [1.54, 1.807) is 0 Å². The third kappa shape index (κ3) is 10.3. The van der Waals surface area contributed by atoms with E-state index in [0.29, 0.717) is 12.0 Å². The molecule has 2 atom stereocenters. The molecule has 0 aliphatic rings. The van der Waals surface area contributed by atoms with Gasteiger partial charge in [-0.3, -0.25) is 19.4 Å². The standard InChI is InChI=1S/C17H22F3N7O5/c18-17(19,20)32-27-26-13(28)10-5-3-9(4-6-10)8-11(21)14(29)25-12(15(30)31)2-1-7-24-16(22)23/h3-6,11-12H,1-2,7-8,21H2,(H,25,29)(H,30,31)(H4,22,23,24)/t11-,12-/m0/s1. The van der Waals surface area contributed by atoms with Crippen molar-refractivity contribution >= 4 is 23.7 Å². The highest BCUT2D eigenvalue weighted by Crippen LogP contribution is 2.17. The number of nitrogens with one attached hydrogen (secondary N) is 1. The van der Waals surface area contributed by atoms with Crippen LogP contribution in [0.2, 0.25) is 0 Å². The summed E-state index contributed by atoms with van der Waals surface area (Å²) in [6.07, 6.45) is -4.67. The summed E-state index contributed by atoms with van der Waals surface area (Å²) in [5.74, 6) is -3.17. The molecule has 1 rings (SSSR count). The number of benzene rings is 1. The smallest absolute Gasteiger partial charge is 0.480 e. The van der Waals surface area contributed by atoms with E-state index < -0.39 is 36.2 Å². The first-order valence-corrected chi connectivity index (χ1v) is 9.02. The topological polar surface area (TPSA) is 208 Å². The van der Waals surface area contributed by atoms with E-state index in [1.807, 2.05) is 0 Å². The van der Waals surface area contributed by atoms with Crippen LogP contribution in [-0.2, 0) is 20.8 Å². The number of hydrogen-bond donors (Lipinski definition) is 5. The minimum atomic E-state index is -5.06. The number of aliphatic imine (C=N–C) groups is 1. The van der Waals surface area contributed by atoms with Gasteiger partial charge < -0.3 is 27.6 Å². The van der Waals surface area contributed by atoms with Crippen molar-refractivity contribution in [2.75, 3.05) is 6.54 Å². The number of carbonyl (C=O) groups excluding carboxylic acids is 2. The van der Waals surface area contributed by atoms with E-state index >= 15 is 0 Å². The van der Waals surface area contributed by atoms with Crippen molar-refractivity contribution in [1.82, 2.24) is 5.32 Å². The molecule has 32 heavy (non-hydrogen) atoms. The lowest BCUT2D eigenvalue weighted by Crippen LogP contribution is -2.49. The van der Waals surface area contributed by atoms with Gasteiger partial charge in [0, 0.05) is 17.4 Å². The van der Waals surface area contributed by atoms with Gasteiger partial charge in [0.25, 0.3) is 5.91 Å². The van der Waals surface area contributed by atoms with Crippen LogP contribution in [-0.4, -0.2) is 53.8 Å². The number of carboxylic acid groups (broad SMARTS) is 1. The Hall–Kier alpha value is -3.75. The van der Waals surface area contributed by atoms with Gasteiger partial charge in [-0.1, -0.05) is 17.2 Å². The molecule has 0 heterocycles. The average molecular weight is 461 g/mol. The number of carboxylic acids is 1. The fourth-order valence-corrected chi connectivity index (χ4v) is 2.33. The number of alkyl halides is 3. The molecule has 0 aromatic heterocycles. The molecule has 0 radical (unpaired) electrons. The summed E-state index contributed by atoms with van der Waals surface area (Å²) in [4.78, 5) is 41.9. The summed E-state index contributed by atoms with van der Waals surface area (Å²) in [7, 11) is 0. The van der Waals surface area contributed by atoms with Gasteiger partial charge in [0.2, 0.25) is 5.91 Å². The molecule has 0 spiro atoms. The molecule has 2 amide bonds. The highest BCUT2D eigenvalue weighted by molar-refractivity contribution is 5.94. The minimum Gasteiger partial charge on any atom is -0.480 e. The number of rotatable bonds is 11. The van der Waals surface area contributed by atoms with Crippen LogP contribution < -0.4 is 22.5 Å². The molecule has 12 nitrogen and oxygen atoms in total.